The van der Waals surface area contributed by atoms with Crippen molar-refractivity contribution in [1.82, 2.24) is 0 Å². The Kier molecular flexibility index (Phi) is 0.545. The van der Waals surface area contributed by atoms with Gasteiger partial charge in [0.25, 0.3) is 0 Å². The fourth-order valence-electron chi connectivity index (χ4n) is 0.763. The third kappa shape index (κ3) is 0.320. The Hall–Kier alpha value is -1.18. The molecular formula is C6H4N2. The van der Waals surface area contributed by atoms with Gasteiger partial charge in [-0.15, -0.1) is 0 Å². The van der Waals surface area contributed by atoms with Gasteiger partial charge in [0, 0.05) is 18.0 Å². The molecule has 0 aliphatic carbocycles. The third-order valence-corrected chi connectivity index (χ3v) is 1.16. The summed E-state index contributed by atoms with van der Waals surface area (Å²) in [6, 6.07) is 0. The normalized spacial score (nSPS) is 21.0. The van der Waals surface area contributed by atoms with Gasteiger partial charge in [-0.05, 0) is 12.2 Å². The summed E-state index contributed by atoms with van der Waals surface area (Å²) < 4.78 is 0. The Labute approximate surface area is 47.0 Å². The zero-order chi connectivity index (χ0) is 5.40. The van der Waals surface area contributed by atoms with E-state index in [-0.39, 0.29) is 0 Å². The minimum Gasteiger partial charge on any atom is -0.237 e. The van der Waals surface area contributed by atoms with Crippen molar-refractivity contribution in [3.8, 4) is 0 Å². The van der Waals surface area contributed by atoms with Gasteiger partial charge >= 0.3 is 0 Å². The van der Waals surface area contributed by atoms with Crippen molar-refractivity contribution >= 4 is 12.1 Å². The van der Waals surface area contributed by atoms with Crippen LogP contribution in [-0.2, 0) is 0 Å². The van der Waals surface area contributed by atoms with Gasteiger partial charge in [-0.25, -0.2) is 9.98 Å². The molecule has 38 valence electrons. The van der Waals surface area contributed by atoms with E-state index >= 15 is 0 Å². The number of fused-ring (bicyclic) bond motifs is 1. The van der Waals surface area contributed by atoms with E-state index in [9.17, 15) is 0 Å². The van der Waals surface area contributed by atoms with Crippen LogP contribution in [0, 0.1) is 0 Å². The lowest BCUT2D eigenvalue weighted by molar-refractivity contribution is 1.57. The zero-order valence-electron chi connectivity index (χ0n) is 4.20. The average Bonchev–Trinajstić information content (AvgIpc) is 2.15. The van der Waals surface area contributed by atoms with Crippen LogP contribution in [0.1, 0.15) is 0 Å². The molecule has 0 radical (unpaired) electrons. The van der Waals surface area contributed by atoms with Gasteiger partial charge in [0.15, 0.2) is 5.84 Å². The molecule has 2 aliphatic rings. The number of rotatable bonds is 0. The topological polar surface area (TPSA) is 24.7 Å². The van der Waals surface area contributed by atoms with E-state index < -0.39 is 0 Å². The Morgan fingerprint density at radius 3 is 3.25 bits per heavy atom. The van der Waals surface area contributed by atoms with Crippen LogP contribution in [0.25, 0.3) is 0 Å². The lowest BCUT2D eigenvalue weighted by atomic mass is 10.3. The molecule has 0 saturated carbocycles. The summed E-state index contributed by atoms with van der Waals surface area (Å²) in [5.74, 6) is 0.852. The molecule has 0 saturated heterocycles. The zero-order valence-corrected chi connectivity index (χ0v) is 4.20. The highest BCUT2D eigenvalue weighted by molar-refractivity contribution is 6.14. The molecular weight excluding hydrogens is 100 g/mol. The maximum atomic E-state index is 3.97. The largest absolute Gasteiger partial charge is 0.237 e. The maximum Gasteiger partial charge on any atom is 0.159 e. The number of allylic oxidation sites excluding steroid dienone is 1. The Balaban J connectivity index is 2.59. The van der Waals surface area contributed by atoms with Gasteiger partial charge in [0.2, 0.25) is 0 Å². The monoisotopic (exact) mass is 104 g/mol. The van der Waals surface area contributed by atoms with E-state index in [1.54, 1.807) is 12.4 Å². The standard InChI is InChI=1S/C6H4N2/c1-3-7-6-5(1)2-4-8-6/h1-4H. The van der Waals surface area contributed by atoms with Crippen LogP contribution in [0.4, 0.5) is 0 Å². The molecule has 2 heterocycles. The molecule has 0 unspecified atom stereocenters. The average molecular weight is 104 g/mol. The molecule has 2 aliphatic heterocycles. The van der Waals surface area contributed by atoms with Crippen molar-refractivity contribution in [2.75, 3.05) is 0 Å². The second-order valence-electron chi connectivity index (χ2n) is 1.67. The third-order valence-electron chi connectivity index (χ3n) is 1.16. The quantitative estimate of drug-likeness (QED) is 0.436. The van der Waals surface area contributed by atoms with E-state index in [4.69, 9.17) is 0 Å². The van der Waals surface area contributed by atoms with Gasteiger partial charge in [-0.3, -0.25) is 0 Å². The summed E-state index contributed by atoms with van der Waals surface area (Å²) in [4.78, 5) is 7.94. The predicted molar refractivity (Wildman–Crippen MR) is 33.1 cm³/mol. The fourth-order valence-corrected chi connectivity index (χ4v) is 0.763. The molecule has 0 aromatic carbocycles. The molecule has 0 fully saturated rings. The molecule has 0 atom stereocenters. The van der Waals surface area contributed by atoms with E-state index in [2.05, 4.69) is 9.98 Å². The summed E-state index contributed by atoms with van der Waals surface area (Å²) in [6.07, 6.45) is 7.42. The lowest BCUT2D eigenvalue weighted by Crippen LogP contribution is -1.84. The maximum absolute atomic E-state index is 3.97. The fraction of sp³-hybridized carbons (Fsp3) is 0. The molecule has 8 heavy (non-hydrogen) atoms. The highest BCUT2D eigenvalue weighted by Crippen LogP contribution is 2.12. The smallest absolute Gasteiger partial charge is 0.159 e. The molecule has 2 heteroatoms. The van der Waals surface area contributed by atoms with Gasteiger partial charge in [0.1, 0.15) is 0 Å². The van der Waals surface area contributed by atoms with Crippen molar-refractivity contribution in [2.45, 2.75) is 0 Å². The summed E-state index contributed by atoms with van der Waals surface area (Å²) in [7, 11) is 0. The molecule has 0 amide bonds. The van der Waals surface area contributed by atoms with Crippen molar-refractivity contribution in [3.63, 3.8) is 0 Å². The van der Waals surface area contributed by atoms with Gasteiger partial charge < -0.3 is 0 Å². The first kappa shape index (κ1) is 3.78. The van der Waals surface area contributed by atoms with Crippen LogP contribution in [0.5, 0.6) is 0 Å². The summed E-state index contributed by atoms with van der Waals surface area (Å²) in [6.45, 7) is 0. The second-order valence-corrected chi connectivity index (χ2v) is 1.67. The number of aliphatic imine (C=N–C) groups is 2. The minimum absolute atomic E-state index is 0.852. The van der Waals surface area contributed by atoms with Crippen LogP contribution in [-0.4, -0.2) is 12.1 Å². The first-order valence-corrected chi connectivity index (χ1v) is 2.46. The lowest BCUT2D eigenvalue weighted by Gasteiger charge is -1.81. The molecule has 0 bridgehead atoms. The van der Waals surface area contributed by atoms with Crippen molar-refractivity contribution < 1.29 is 0 Å². The van der Waals surface area contributed by atoms with Crippen LogP contribution >= 0.6 is 0 Å². The number of amidine groups is 1. The first-order valence-electron chi connectivity index (χ1n) is 2.46. The van der Waals surface area contributed by atoms with E-state index in [1.165, 1.54) is 0 Å². The van der Waals surface area contributed by atoms with Crippen molar-refractivity contribution in [3.05, 3.63) is 23.9 Å². The summed E-state index contributed by atoms with van der Waals surface area (Å²) in [5.41, 5.74) is 1.13. The van der Waals surface area contributed by atoms with Gasteiger partial charge in [-0.1, -0.05) is 0 Å². The van der Waals surface area contributed by atoms with Crippen molar-refractivity contribution in [2.24, 2.45) is 9.98 Å². The highest BCUT2D eigenvalue weighted by atomic mass is 14.9. The number of nitrogens with zero attached hydrogens (tertiary/aromatic N) is 2. The molecule has 2 rings (SSSR count). The van der Waals surface area contributed by atoms with Crippen LogP contribution in [0.3, 0.4) is 0 Å². The molecule has 0 N–H and O–H groups in total. The minimum atomic E-state index is 0.852. The van der Waals surface area contributed by atoms with Gasteiger partial charge in [0.05, 0.1) is 0 Å². The number of hydrogen-bond donors (Lipinski definition) is 0. The Bertz CT molecular complexity index is 205. The van der Waals surface area contributed by atoms with E-state index in [1.807, 2.05) is 12.2 Å². The SMILES string of the molecule is C1=CC2=CC=NC2=N1. The van der Waals surface area contributed by atoms with Crippen LogP contribution < -0.4 is 0 Å². The Morgan fingerprint density at radius 2 is 2.38 bits per heavy atom. The molecule has 0 spiro atoms. The van der Waals surface area contributed by atoms with Crippen molar-refractivity contribution in [1.29, 1.82) is 0 Å². The highest BCUT2D eigenvalue weighted by Gasteiger charge is 2.08. The summed E-state index contributed by atoms with van der Waals surface area (Å²) in [5, 5.41) is 0. The van der Waals surface area contributed by atoms with E-state index in [0.717, 1.165) is 11.4 Å². The molecule has 2 nitrogen and oxygen atoms in total. The van der Waals surface area contributed by atoms with Gasteiger partial charge in [-0.2, -0.15) is 0 Å². The van der Waals surface area contributed by atoms with E-state index in [0.29, 0.717) is 0 Å². The number of hydrogen-bond acceptors (Lipinski definition) is 2. The molecule has 0 aromatic rings. The molecule has 0 aromatic heterocycles. The Morgan fingerprint density at radius 1 is 1.38 bits per heavy atom. The summed E-state index contributed by atoms with van der Waals surface area (Å²) >= 11 is 0. The van der Waals surface area contributed by atoms with Crippen LogP contribution in [0.2, 0.25) is 0 Å². The second kappa shape index (κ2) is 1.15. The predicted octanol–water partition coefficient (Wildman–Crippen LogP) is 0.923. The van der Waals surface area contributed by atoms with Crippen LogP contribution in [0.15, 0.2) is 33.9 Å². The first-order chi connectivity index (χ1) is 3.97.